The first kappa shape index (κ1) is 21.5. The van der Waals surface area contributed by atoms with Crippen molar-refractivity contribution < 1.29 is 24.2 Å². The van der Waals surface area contributed by atoms with Gasteiger partial charge in [0.15, 0.2) is 0 Å². The Balaban J connectivity index is 2.46. The van der Waals surface area contributed by atoms with Gasteiger partial charge >= 0.3 is 6.09 Å². The number of carbonyl (C=O) groups excluding carboxylic acids is 2. The average molecular weight is 407 g/mol. The fourth-order valence-corrected chi connectivity index (χ4v) is 3.62. The van der Waals surface area contributed by atoms with Gasteiger partial charge in [0.1, 0.15) is 5.75 Å². The van der Waals surface area contributed by atoms with E-state index in [1.807, 2.05) is 0 Å². The first-order chi connectivity index (χ1) is 13.2. The van der Waals surface area contributed by atoms with Crippen LogP contribution >= 0.6 is 11.6 Å². The Hall–Kier alpha value is -2.80. The molecular weight excluding hydrogens is 384 g/mol. The number of rotatable bonds is 6. The first-order valence-electron chi connectivity index (χ1n) is 8.66. The summed E-state index contributed by atoms with van der Waals surface area (Å²) in [7, 11) is 1.51. The van der Waals surface area contributed by atoms with E-state index in [1.165, 1.54) is 13.2 Å². The molecule has 1 fully saturated rings. The summed E-state index contributed by atoms with van der Waals surface area (Å²) >= 11 is 6.00. The molecule has 1 aliphatic rings. The number of amides is 3. The van der Waals surface area contributed by atoms with Crippen molar-refractivity contribution in [2.45, 2.75) is 12.8 Å². The molecule has 0 aromatic heterocycles. The maximum absolute atomic E-state index is 13.4. The largest absolute Gasteiger partial charge is 0.497 e. The number of carbonyl (C=O) groups is 3. The summed E-state index contributed by atoms with van der Waals surface area (Å²) in [6.45, 7) is 7.20. The highest BCUT2D eigenvalue weighted by atomic mass is 35.5. The number of hydrogen-bond donors (Lipinski definition) is 1. The number of halogens is 1. The van der Waals surface area contributed by atoms with E-state index in [1.54, 1.807) is 24.3 Å². The van der Waals surface area contributed by atoms with Crippen molar-refractivity contribution in [1.29, 1.82) is 0 Å². The molecule has 1 atom stereocenters. The number of allylic oxidation sites excluding steroid dienone is 2. The Morgan fingerprint density at radius 3 is 2.46 bits per heavy atom. The van der Waals surface area contributed by atoms with E-state index >= 15 is 0 Å². The third kappa shape index (κ3) is 4.54. The summed E-state index contributed by atoms with van der Waals surface area (Å²) in [5.41, 5.74) is -0.937. The quantitative estimate of drug-likeness (QED) is 0.578. The zero-order valence-corrected chi connectivity index (χ0v) is 16.4. The van der Waals surface area contributed by atoms with Crippen LogP contribution in [0.5, 0.6) is 5.75 Å². The van der Waals surface area contributed by atoms with E-state index in [0.717, 1.165) is 9.80 Å². The van der Waals surface area contributed by atoms with Crippen molar-refractivity contribution in [1.82, 2.24) is 9.80 Å². The minimum atomic E-state index is -1.24. The lowest BCUT2D eigenvalue weighted by Crippen LogP contribution is -2.48. The second kappa shape index (κ2) is 8.93. The van der Waals surface area contributed by atoms with Crippen molar-refractivity contribution in [3.05, 3.63) is 54.1 Å². The van der Waals surface area contributed by atoms with Crippen LogP contribution < -0.4 is 4.74 Å². The fourth-order valence-electron chi connectivity index (χ4n) is 3.37. The highest BCUT2D eigenvalue weighted by molar-refractivity contribution is 6.29. The lowest BCUT2D eigenvalue weighted by Gasteiger charge is -2.34. The van der Waals surface area contributed by atoms with Crippen LogP contribution in [0.15, 0.2) is 48.5 Å². The van der Waals surface area contributed by atoms with Crippen molar-refractivity contribution >= 4 is 29.5 Å². The molecular formula is C20H23ClN2O5. The molecule has 7 nitrogen and oxygen atoms in total. The van der Waals surface area contributed by atoms with Gasteiger partial charge in [-0.15, -0.1) is 6.58 Å². The molecule has 0 radical (unpaired) electrons. The Labute approximate surface area is 168 Å². The normalized spacial score (nSPS) is 19.7. The molecule has 1 saturated heterocycles. The minimum absolute atomic E-state index is 0.0105. The zero-order chi connectivity index (χ0) is 20.9. The van der Waals surface area contributed by atoms with Gasteiger partial charge in [0.25, 0.3) is 5.91 Å². The molecule has 1 heterocycles. The molecule has 0 aliphatic carbocycles. The van der Waals surface area contributed by atoms with Gasteiger partial charge in [-0.3, -0.25) is 14.5 Å². The number of benzene rings is 1. The maximum atomic E-state index is 13.4. The summed E-state index contributed by atoms with van der Waals surface area (Å²) in [6, 6.07) is 6.36. The van der Waals surface area contributed by atoms with E-state index < -0.39 is 23.3 Å². The summed E-state index contributed by atoms with van der Waals surface area (Å²) in [5, 5.41) is 9.71. The molecule has 2 rings (SSSR count). The van der Waals surface area contributed by atoms with Crippen LogP contribution in [0.4, 0.5) is 4.79 Å². The maximum Gasteiger partial charge on any atom is 0.407 e. The molecule has 3 amide bonds. The van der Waals surface area contributed by atoms with Crippen LogP contribution in [-0.4, -0.2) is 59.6 Å². The smallest absolute Gasteiger partial charge is 0.407 e. The van der Waals surface area contributed by atoms with Gasteiger partial charge in [-0.25, -0.2) is 4.79 Å². The van der Waals surface area contributed by atoms with Crippen LogP contribution in [0.25, 0.3) is 0 Å². The SMILES string of the molecule is C=CC[C@]1(CC(=C)Cl)CN(C(=O)O)CCN(C(=O)c2ccc(OC)cc2)C1=O. The molecule has 1 aromatic rings. The third-order valence-electron chi connectivity index (χ3n) is 4.70. The number of carboxylic acid groups (broad SMARTS) is 1. The molecule has 8 heteroatoms. The summed E-state index contributed by atoms with van der Waals surface area (Å²) in [5.74, 6) is -0.414. The van der Waals surface area contributed by atoms with E-state index in [9.17, 15) is 19.5 Å². The Morgan fingerprint density at radius 1 is 1.32 bits per heavy atom. The lowest BCUT2D eigenvalue weighted by atomic mass is 9.79. The third-order valence-corrected chi connectivity index (χ3v) is 4.84. The van der Waals surface area contributed by atoms with E-state index in [0.29, 0.717) is 11.3 Å². The molecule has 1 aromatic carbocycles. The van der Waals surface area contributed by atoms with Gasteiger partial charge in [-0.1, -0.05) is 24.3 Å². The first-order valence-corrected chi connectivity index (χ1v) is 9.04. The lowest BCUT2D eigenvalue weighted by molar-refractivity contribution is -0.138. The highest BCUT2D eigenvalue weighted by Gasteiger charge is 2.47. The number of imide groups is 1. The molecule has 0 bridgehead atoms. The number of nitrogens with zero attached hydrogens (tertiary/aromatic N) is 2. The summed E-state index contributed by atoms with van der Waals surface area (Å²) in [4.78, 5) is 40.3. The second-order valence-electron chi connectivity index (χ2n) is 6.66. The van der Waals surface area contributed by atoms with Crippen LogP contribution in [0.2, 0.25) is 0 Å². The molecule has 150 valence electrons. The van der Waals surface area contributed by atoms with Crippen molar-refractivity contribution in [2.24, 2.45) is 5.41 Å². The van der Waals surface area contributed by atoms with Gasteiger partial charge in [-0.05, 0) is 37.1 Å². The van der Waals surface area contributed by atoms with Crippen LogP contribution in [-0.2, 0) is 4.79 Å². The Bertz CT molecular complexity index is 792. The average Bonchev–Trinajstić information content (AvgIpc) is 2.79. The van der Waals surface area contributed by atoms with Crippen molar-refractivity contribution in [2.75, 3.05) is 26.7 Å². The van der Waals surface area contributed by atoms with Crippen LogP contribution in [0.3, 0.4) is 0 Å². The van der Waals surface area contributed by atoms with Gasteiger partial charge < -0.3 is 14.7 Å². The van der Waals surface area contributed by atoms with Crippen LogP contribution in [0, 0.1) is 5.41 Å². The predicted molar refractivity (Wildman–Crippen MR) is 105 cm³/mol. The van der Waals surface area contributed by atoms with E-state index in [-0.39, 0.29) is 37.5 Å². The summed E-state index contributed by atoms with van der Waals surface area (Å²) in [6.07, 6.45) is 0.558. The zero-order valence-electron chi connectivity index (χ0n) is 15.7. The molecule has 1 aliphatic heterocycles. The molecule has 0 saturated carbocycles. The molecule has 28 heavy (non-hydrogen) atoms. The molecule has 0 spiro atoms. The molecule has 1 N–H and O–H groups in total. The van der Waals surface area contributed by atoms with Crippen molar-refractivity contribution in [3.8, 4) is 5.75 Å². The van der Waals surface area contributed by atoms with Gasteiger partial charge in [0, 0.05) is 30.2 Å². The van der Waals surface area contributed by atoms with Gasteiger partial charge in [0.2, 0.25) is 5.91 Å². The Morgan fingerprint density at radius 2 is 1.96 bits per heavy atom. The van der Waals surface area contributed by atoms with Gasteiger partial charge in [-0.2, -0.15) is 0 Å². The van der Waals surface area contributed by atoms with E-state index in [4.69, 9.17) is 16.3 Å². The van der Waals surface area contributed by atoms with Crippen LogP contribution in [0.1, 0.15) is 23.2 Å². The Kier molecular flexibility index (Phi) is 6.85. The monoisotopic (exact) mass is 406 g/mol. The second-order valence-corrected chi connectivity index (χ2v) is 7.20. The molecule has 0 unspecified atom stereocenters. The topological polar surface area (TPSA) is 87.2 Å². The number of hydrogen-bond acceptors (Lipinski definition) is 4. The summed E-state index contributed by atoms with van der Waals surface area (Å²) < 4.78 is 5.09. The highest BCUT2D eigenvalue weighted by Crippen LogP contribution is 2.37. The van der Waals surface area contributed by atoms with Crippen molar-refractivity contribution in [3.63, 3.8) is 0 Å². The number of methoxy groups -OCH3 is 1. The number of ether oxygens (including phenoxy) is 1. The van der Waals surface area contributed by atoms with E-state index in [2.05, 4.69) is 13.2 Å². The standard InChI is InChI=1S/C20H23ClN2O5/c1-4-9-20(12-14(2)21)13-22(19(26)27)10-11-23(18(20)25)17(24)15-5-7-16(28-3)8-6-15/h4-8H,1-2,9-13H2,3H3,(H,26,27)/t20-/m0/s1. The minimum Gasteiger partial charge on any atom is -0.497 e. The predicted octanol–water partition coefficient (Wildman–Crippen LogP) is 3.36. The fraction of sp³-hybridized carbons (Fsp3) is 0.350. The van der Waals surface area contributed by atoms with Gasteiger partial charge in [0.05, 0.1) is 12.5 Å².